The van der Waals surface area contributed by atoms with Gasteiger partial charge in [-0.2, -0.15) is 13.2 Å². The van der Waals surface area contributed by atoms with Crippen LogP contribution in [0.1, 0.15) is 5.56 Å². The van der Waals surface area contributed by atoms with Crippen LogP contribution in [0.4, 0.5) is 13.2 Å². The number of halogens is 3. The molecule has 8 heteroatoms. The zero-order valence-electron chi connectivity index (χ0n) is 11.9. The van der Waals surface area contributed by atoms with E-state index in [2.05, 4.69) is 4.72 Å². The van der Waals surface area contributed by atoms with Crippen LogP contribution in [0.25, 0.3) is 0 Å². The first-order chi connectivity index (χ1) is 10.8. The molecule has 2 aromatic carbocycles. The molecule has 0 spiro atoms. The van der Waals surface area contributed by atoms with Gasteiger partial charge in [0.25, 0.3) is 0 Å². The van der Waals surface area contributed by atoms with E-state index in [4.69, 9.17) is 4.74 Å². The van der Waals surface area contributed by atoms with Gasteiger partial charge in [-0.05, 0) is 30.3 Å². The van der Waals surface area contributed by atoms with Crippen LogP contribution in [0.5, 0.6) is 5.75 Å². The van der Waals surface area contributed by atoms with Gasteiger partial charge in [-0.1, -0.05) is 24.3 Å². The fourth-order valence-corrected chi connectivity index (χ4v) is 2.82. The molecule has 0 aliphatic rings. The number of alkyl halides is 3. The van der Waals surface area contributed by atoms with Crippen molar-refractivity contribution in [3.05, 3.63) is 60.2 Å². The van der Waals surface area contributed by atoms with Crippen LogP contribution in [0.2, 0.25) is 0 Å². The topological polar surface area (TPSA) is 55.4 Å². The normalized spacial score (nSPS) is 12.1. The highest BCUT2D eigenvalue weighted by atomic mass is 32.2. The number of hydrogen-bond donors (Lipinski definition) is 1. The van der Waals surface area contributed by atoms with Gasteiger partial charge in [-0.15, -0.1) is 0 Å². The Balaban J connectivity index is 1.89. The van der Waals surface area contributed by atoms with Crippen molar-refractivity contribution >= 4 is 10.0 Å². The molecule has 0 atom stereocenters. The molecule has 2 aromatic rings. The lowest BCUT2D eigenvalue weighted by Gasteiger charge is -2.11. The smallest absolute Gasteiger partial charge is 0.416 e. The van der Waals surface area contributed by atoms with Gasteiger partial charge in [0.2, 0.25) is 10.0 Å². The zero-order chi connectivity index (χ0) is 16.9. The number of ether oxygens (including phenoxy) is 1. The van der Waals surface area contributed by atoms with Gasteiger partial charge < -0.3 is 4.74 Å². The second kappa shape index (κ2) is 7.01. The van der Waals surface area contributed by atoms with Crippen molar-refractivity contribution < 1.29 is 26.3 Å². The summed E-state index contributed by atoms with van der Waals surface area (Å²) in [6.07, 6.45) is -4.45. The Hall–Kier alpha value is -2.06. The fraction of sp³-hybridized carbons (Fsp3) is 0.200. The van der Waals surface area contributed by atoms with Gasteiger partial charge >= 0.3 is 6.18 Å². The summed E-state index contributed by atoms with van der Waals surface area (Å²) in [7, 11) is -3.66. The predicted octanol–water partition coefficient (Wildman–Crippen LogP) is 3.06. The molecule has 0 unspecified atom stereocenters. The van der Waals surface area contributed by atoms with E-state index in [0.29, 0.717) is 0 Å². The Kier molecular flexibility index (Phi) is 5.27. The van der Waals surface area contributed by atoms with E-state index in [1.165, 1.54) is 24.3 Å². The fourth-order valence-electron chi connectivity index (χ4n) is 1.79. The highest BCUT2D eigenvalue weighted by Gasteiger charge is 2.30. The van der Waals surface area contributed by atoms with Crippen molar-refractivity contribution in [3.63, 3.8) is 0 Å². The summed E-state index contributed by atoms with van der Waals surface area (Å²) in [5.74, 6) is 0.0266. The summed E-state index contributed by atoms with van der Waals surface area (Å²) >= 11 is 0. The molecule has 0 aliphatic carbocycles. The molecule has 4 nitrogen and oxygen atoms in total. The molecular weight excluding hydrogens is 331 g/mol. The molecule has 0 fully saturated rings. The monoisotopic (exact) mass is 345 g/mol. The third kappa shape index (κ3) is 4.97. The molecule has 0 aromatic heterocycles. The SMILES string of the molecule is O=S(=O)(NCCOc1cccc(C(F)(F)F)c1)c1ccccc1. The molecule has 124 valence electrons. The molecule has 0 heterocycles. The largest absolute Gasteiger partial charge is 0.492 e. The molecule has 1 N–H and O–H groups in total. The predicted molar refractivity (Wildman–Crippen MR) is 78.6 cm³/mol. The number of benzene rings is 2. The lowest BCUT2D eigenvalue weighted by Crippen LogP contribution is -2.28. The minimum atomic E-state index is -4.45. The first-order valence-corrected chi connectivity index (χ1v) is 8.12. The molecule has 0 saturated heterocycles. The minimum absolute atomic E-state index is 0.0266. The van der Waals surface area contributed by atoms with Gasteiger partial charge in [0.15, 0.2) is 0 Å². The first-order valence-electron chi connectivity index (χ1n) is 6.64. The van der Waals surface area contributed by atoms with E-state index in [1.807, 2.05) is 0 Å². The van der Waals surface area contributed by atoms with Crippen LogP contribution in [0.3, 0.4) is 0 Å². The van der Waals surface area contributed by atoms with Crippen molar-refractivity contribution in [2.24, 2.45) is 0 Å². The molecule has 0 amide bonds. The van der Waals surface area contributed by atoms with Gasteiger partial charge in [0.1, 0.15) is 12.4 Å². The van der Waals surface area contributed by atoms with E-state index >= 15 is 0 Å². The Morgan fingerprint density at radius 2 is 1.70 bits per heavy atom. The molecule has 0 bridgehead atoms. The molecule has 0 saturated carbocycles. The molecule has 0 aliphatic heterocycles. The van der Waals surface area contributed by atoms with Crippen LogP contribution in [0, 0.1) is 0 Å². The van der Waals surface area contributed by atoms with Crippen molar-refractivity contribution in [2.75, 3.05) is 13.2 Å². The van der Waals surface area contributed by atoms with E-state index < -0.39 is 21.8 Å². The van der Waals surface area contributed by atoms with Gasteiger partial charge in [0, 0.05) is 6.54 Å². The standard InChI is InChI=1S/C15H14F3NO3S/c16-15(17,18)12-5-4-6-13(11-12)22-10-9-19-23(20,21)14-7-2-1-3-8-14/h1-8,11,19H,9-10H2. The lowest BCUT2D eigenvalue weighted by atomic mass is 10.2. The average molecular weight is 345 g/mol. The maximum Gasteiger partial charge on any atom is 0.416 e. The quantitative estimate of drug-likeness (QED) is 0.819. The number of nitrogens with one attached hydrogen (secondary N) is 1. The number of hydrogen-bond acceptors (Lipinski definition) is 3. The maximum atomic E-state index is 12.6. The van der Waals surface area contributed by atoms with Gasteiger partial charge in [-0.25, -0.2) is 13.1 Å². The number of sulfonamides is 1. The lowest BCUT2D eigenvalue weighted by molar-refractivity contribution is -0.137. The molecule has 23 heavy (non-hydrogen) atoms. The van der Waals surface area contributed by atoms with Gasteiger partial charge in [-0.3, -0.25) is 0 Å². The average Bonchev–Trinajstić information content (AvgIpc) is 2.52. The summed E-state index contributed by atoms with van der Waals surface area (Å²) in [4.78, 5) is 0.110. The van der Waals surface area contributed by atoms with Gasteiger partial charge in [0.05, 0.1) is 10.5 Å². The van der Waals surface area contributed by atoms with Crippen molar-refractivity contribution in [1.29, 1.82) is 0 Å². The van der Waals surface area contributed by atoms with Crippen LogP contribution in [-0.2, 0) is 16.2 Å². The highest BCUT2D eigenvalue weighted by Crippen LogP contribution is 2.31. The van der Waals surface area contributed by atoms with Crippen molar-refractivity contribution in [1.82, 2.24) is 4.72 Å². The number of rotatable bonds is 6. The molecule has 0 radical (unpaired) electrons. The molecule has 2 rings (SSSR count). The Labute approximate surface area is 132 Å². The Bertz CT molecular complexity index is 746. The van der Waals surface area contributed by atoms with E-state index in [1.54, 1.807) is 18.2 Å². The Morgan fingerprint density at radius 1 is 1.00 bits per heavy atom. The summed E-state index contributed by atoms with van der Waals surface area (Å²) in [6, 6.07) is 12.2. The summed E-state index contributed by atoms with van der Waals surface area (Å²) in [5, 5.41) is 0. The minimum Gasteiger partial charge on any atom is -0.492 e. The summed E-state index contributed by atoms with van der Waals surface area (Å²) in [6.45, 7) is -0.152. The van der Waals surface area contributed by atoms with E-state index in [-0.39, 0.29) is 23.8 Å². The molecular formula is C15H14F3NO3S. The van der Waals surface area contributed by atoms with Crippen LogP contribution >= 0.6 is 0 Å². The second-order valence-electron chi connectivity index (χ2n) is 4.58. The van der Waals surface area contributed by atoms with Crippen LogP contribution < -0.4 is 9.46 Å². The Morgan fingerprint density at radius 3 is 2.35 bits per heavy atom. The van der Waals surface area contributed by atoms with Crippen molar-refractivity contribution in [3.8, 4) is 5.75 Å². The summed E-state index contributed by atoms with van der Waals surface area (Å²) < 4.78 is 68.9. The van der Waals surface area contributed by atoms with E-state index in [0.717, 1.165) is 12.1 Å². The zero-order valence-corrected chi connectivity index (χ0v) is 12.7. The highest BCUT2D eigenvalue weighted by molar-refractivity contribution is 7.89. The third-order valence-electron chi connectivity index (χ3n) is 2.88. The van der Waals surface area contributed by atoms with E-state index in [9.17, 15) is 21.6 Å². The first kappa shape index (κ1) is 17.3. The maximum absolute atomic E-state index is 12.6. The summed E-state index contributed by atoms with van der Waals surface area (Å²) in [5.41, 5.74) is -0.820. The second-order valence-corrected chi connectivity index (χ2v) is 6.35. The third-order valence-corrected chi connectivity index (χ3v) is 4.35. The van der Waals surface area contributed by atoms with Crippen LogP contribution in [-0.4, -0.2) is 21.6 Å². The van der Waals surface area contributed by atoms with Crippen molar-refractivity contribution in [2.45, 2.75) is 11.1 Å². The van der Waals surface area contributed by atoms with Crippen LogP contribution in [0.15, 0.2) is 59.5 Å².